The lowest BCUT2D eigenvalue weighted by Gasteiger charge is -2.04. The highest BCUT2D eigenvalue weighted by Gasteiger charge is 1.96. The summed E-state index contributed by atoms with van der Waals surface area (Å²) in [6.07, 6.45) is 0. The molecule has 1 heteroatoms. The molecule has 1 atom stereocenters. The van der Waals surface area contributed by atoms with E-state index in [1.807, 2.05) is 0 Å². The summed E-state index contributed by atoms with van der Waals surface area (Å²) in [7, 11) is 1.25. The molecule has 0 nitrogen and oxygen atoms in total. The number of hydrogen-bond donors (Lipinski definition) is 0. The Morgan fingerprint density at radius 1 is 1.40 bits per heavy atom. The first kappa shape index (κ1) is 7.54. The standard InChI is InChI=1S/C9H14Si/c1-7-4-3-5-9(6-7)8(2)10/h3-6,8H,1-2,10H3. The van der Waals surface area contributed by atoms with Crippen molar-refractivity contribution in [3.63, 3.8) is 0 Å². The first-order valence-electron chi connectivity index (χ1n) is 3.76. The second-order valence-corrected chi connectivity index (χ2v) is 4.80. The molecule has 1 rings (SSSR count). The maximum absolute atomic E-state index is 2.28. The molecule has 1 aromatic carbocycles. The third-order valence-corrected chi connectivity index (χ3v) is 2.38. The van der Waals surface area contributed by atoms with Gasteiger partial charge in [0.05, 0.1) is 0 Å². The summed E-state index contributed by atoms with van der Waals surface area (Å²) < 4.78 is 0. The Kier molecular flexibility index (Phi) is 2.28. The predicted molar refractivity (Wildman–Crippen MR) is 49.5 cm³/mol. The van der Waals surface area contributed by atoms with Gasteiger partial charge in [0.2, 0.25) is 0 Å². The Bertz CT molecular complexity index is 216. The van der Waals surface area contributed by atoms with Crippen molar-refractivity contribution in [2.24, 2.45) is 0 Å². The third kappa shape index (κ3) is 1.71. The minimum absolute atomic E-state index is 0.792. The molecular formula is C9H14Si. The van der Waals surface area contributed by atoms with E-state index in [9.17, 15) is 0 Å². The monoisotopic (exact) mass is 150 g/mol. The molecule has 0 heterocycles. The van der Waals surface area contributed by atoms with Crippen molar-refractivity contribution in [1.82, 2.24) is 0 Å². The molecule has 0 N–H and O–H groups in total. The lowest BCUT2D eigenvalue weighted by atomic mass is 10.1. The van der Waals surface area contributed by atoms with Gasteiger partial charge in [-0.2, -0.15) is 0 Å². The Balaban J connectivity index is 2.96. The molecule has 1 aromatic rings. The van der Waals surface area contributed by atoms with Crippen molar-refractivity contribution < 1.29 is 0 Å². The van der Waals surface area contributed by atoms with Crippen molar-refractivity contribution in [1.29, 1.82) is 0 Å². The molecular weight excluding hydrogens is 136 g/mol. The highest BCUT2D eigenvalue weighted by atomic mass is 28.1. The van der Waals surface area contributed by atoms with Gasteiger partial charge in [0, 0.05) is 10.2 Å². The van der Waals surface area contributed by atoms with Gasteiger partial charge in [-0.05, 0) is 18.0 Å². The molecule has 0 aliphatic carbocycles. The molecule has 0 saturated carbocycles. The van der Waals surface area contributed by atoms with Crippen molar-refractivity contribution in [2.45, 2.75) is 19.4 Å². The van der Waals surface area contributed by atoms with Crippen LogP contribution in [0.4, 0.5) is 0 Å². The van der Waals surface area contributed by atoms with Gasteiger partial charge in [0.15, 0.2) is 0 Å². The van der Waals surface area contributed by atoms with Crippen molar-refractivity contribution in [2.75, 3.05) is 0 Å². The van der Waals surface area contributed by atoms with Crippen molar-refractivity contribution in [3.8, 4) is 0 Å². The summed E-state index contributed by atoms with van der Waals surface area (Å²) in [5, 5.41) is 0. The molecule has 0 aromatic heterocycles. The molecule has 0 aliphatic rings. The molecule has 54 valence electrons. The minimum atomic E-state index is 0.792. The van der Waals surface area contributed by atoms with Crippen LogP contribution in [0.2, 0.25) is 0 Å². The molecule has 0 fully saturated rings. The number of rotatable bonds is 1. The predicted octanol–water partition coefficient (Wildman–Crippen LogP) is 1.42. The largest absolute Gasteiger partial charge is 0.0618 e. The van der Waals surface area contributed by atoms with Crippen LogP contribution in [-0.2, 0) is 0 Å². The fraction of sp³-hybridized carbons (Fsp3) is 0.333. The van der Waals surface area contributed by atoms with Gasteiger partial charge < -0.3 is 0 Å². The molecule has 10 heavy (non-hydrogen) atoms. The fourth-order valence-corrected chi connectivity index (χ4v) is 1.39. The first-order chi connectivity index (χ1) is 4.70. The van der Waals surface area contributed by atoms with Crippen LogP contribution in [0, 0.1) is 6.92 Å². The SMILES string of the molecule is Cc1cccc(C(C)[SiH3])c1. The highest BCUT2D eigenvalue weighted by Crippen LogP contribution is 2.11. The van der Waals surface area contributed by atoms with Crippen LogP contribution < -0.4 is 0 Å². The smallest absolute Gasteiger partial charge is 0.0119 e. The quantitative estimate of drug-likeness (QED) is 0.531. The maximum atomic E-state index is 2.28. The summed E-state index contributed by atoms with van der Waals surface area (Å²) in [6.45, 7) is 4.43. The van der Waals surface area contributed by atoms with Gasteiger partial charge in [-0.15, -0.1) is 0 Å². The van der Waals surface area contributed by atoms with E-state index in [2.05, 4.69) is 38.1 Å². The van der Waals surface area contributed by atoms with Crippen LogP contribution in [0.3, 0.4) is 0 Å². The molecule has 0 saturated heterocycles. The molecule has 0 amide bonds. The first-order valence-corrected chi connectivity index (χ1v) is 4.92. The van der Waals surface area contributed by atoms with Crippen LogP contribution in [0.5, 0.6) is 0 Å². The average molecular weight is 150 g/mol. The Hall–Kier alpha value is -0.563. The summed E-state index contributed by atoms with van der Waals surface area (Å²) >= 11 is 0. The van der Waals surface area contributed by atoms with E-state index in [0.717, 1.165) is 5.54 Å². The lowest BCUT2D eigenvalue weighted by Crippen LogP contribution is -1.91. The van der Waals surface area contributed by atoms with Gasteiger partial charge in [0.25, 0.3) is 0 Å². The zero-order valence-corrected chi connectivity index (χ0v) is 8.89. The summed E-state index contributed by atoms with van der Waals surface area (Å²) in [6, 6.07) is 8.77. The Morgan fingerprint density at radius 2 is 2.10 bits per heavy atom. The van der Waals surface area contributed by atoms with E-state index in [0.29, 0.717) is 0 Å². The van der Waals surface area contributed by atoms with Gasteiger partial charge in [-0.25, -0.2) is 0 Å². The third-order valence-electron chi connectivity index (χ3n) is 1.71. The second kappa shape index (κ2) is 3.02. The maximum Gasteiger partial charge on any atom is 0.0119 e. The van der Waals surface area contributed by atoms with E-state index < -0.39 is 0 Å². The van der Waals surface area contributed by atoms with Crippen molar-refractivity contribution in [3.05, 3.63) is 35.4 Å². The topological polar surface area (TPSA) is 0 Å². The fourth-order valence-electron chi connectivity index (χ4n) is 1.03. The summed E-state index contributed by atoms with van der Waals surface area (Å²) in [5.41, 5.74) is 3.66. The van der Waals surface area contributed by atoms with Gasteiger partial charge in [0.1, 0.15) is 0 Å². The van der Waals surface area contributed by atoms with Gasteiger partial charge in [-0.3, -0.25) is 0 Å². The molecule has 0 spiro atoms. The second-order valence-electron chi connectivity index (χ2n) is 3.07. The van der Waals surface area contributed by atoms with E-state index in [-0.39, 0.29) is 0 Å². The molecule has 0 bridgehead atoms. The summed E-state index contributed by atoms with van der Waals surface area (Å²) in [5.74, 6) is 0. The van der Waals surface area contributed by atoms with E-state index in [1.54, 1.807) is 0 Å². The van der Waals surface area contributed by atoms with Crippen molar-refractivity contribution >= 4 is 10.2 Å². The van der Waals surface area contributed by atoms with E-state index >= 15 is 0 Å². The van der Waals surface area contributed by atoms with Crippen LogP contribution in [0.25, 0.3) is 0 Å². The van der Waals surface area contributed by atoms with E-state index in [1.165, 1.54) is 21.4 Å². The molecule has 0 radical (unpaired) electrons. The van der Waals surface area contributed by atoms with Crippen LogP contribution in [0.15, 0.2) is 24.3 Å². The van der Waals surface area contributed by atoms with Gasteiger partial charge in [-0.1, -0.05) is 36.8 Å². The number of aryl methyl sites for hydroxylation is 1. The Morgan fingerprint density at radius 3 is 2.50 bits per heavy atom. The van der Waals surface area contributed by atoms with Crippen LogP contribution in [-0.4, -0.2) is 10.2 Å². The van der Waals surface area contributed by atoms with Crippen LogP contribution >= 0.6 is 0 Å². The number of hydrogen-bond acceptors (Lipinski definition) is 0. The molecule has 0 aliphatic heterocycles. The average Bonchev–Trinajstić information content (AvgIpc) is 1.88. The highest BCUT2D eigenvalue weighted by molar-refractivity contribution is 6.12. The number of benzene rings is 1. The van der Waals surface area contributed by atoms with Gasteiger partial charge >= 0.3 is 0 Å². The van der Waals surface area contributed by atoms with E-state index in [4.69, 9.17) is 0 Å². The zero-order chi connectivity index (χ0) is 7.56. The Labute approximate surface area is 65.7 Å². The summed E-state index contributed by atoms with van der Waals surface area (Å²) in [4.78, 5) is 0. The zero-order valence-electron chi connectivity index (χ0n) is 6.89. The lowest BCUT2D eigenvalue weighted by molar-refractivity contribution is 1.08. The molecule has 1 unspecified atom stereocenters. The normalized spacial score (nSPS) is 13.4. The minimum Gasteiger partial charge on any atom is -0.0618 e. The van der Waals surface area contributed by atoms with Crippen LogP contribution in [0.1, 0.15) is 23.6 Å².